The Hall–Kier alpha value is -2.69. The monoisotopic (exact) mass is 267 g/mol. The first-order valence-corrected chi connectivity index (χ1v) is 6.28. The van der Waals surface area contributed by atoms with Gasteiger partial charge in [0.15, 0.2) is 0 Å². The van der Waals surface area contributed by atoms with Gasteiger partial charge in [-0.2, -0.15) is 0 Å². The summed E-state index contributed by atoms with van der Waals surface area (Å²) in [4.78, 5) is 17.0. The molecule has 0 spiro atoms. The third-order valence-electron chi connectivity index (χ3n) is 3.34. The average Bonchev–Trinajstić information content (AvgIpc) is 2.77. The Bertz CT molecular complexity index is 693. The number of hydrogen-bond donors (Lipinski definition) is 0. The summed E-state index contributed by atoms with van der Waals surface area (Å²) >= 11 is 0. The fraction of sp³-hybridized carbons (Fsp3) is 0.133. The Balaban J connectivity index is 1.96. The molecule has 5 heteroatoms. The van der Waals surface area contributed by atoms with Gasteiger partial charge >= 0.3 is 0 Å². The molecule has 0 aliphatic carbocycles. The first kappa shape index (κ1) is 12.3. The highest BCUT2D eigenvalue weighted by molar-refractivity contribution is 6.12. The second kappa shape index (κ2) is 4.77. The van der Waals surface area contributed by atoms with Crippen molar-refractivity contribution >= 4 is 22.8 Å². The fourth-order valence-corrected chi connectivity index (χ4v) is 2.35. The molecule has 1 aliphatic heterocycles. The Kier molecular flexibility index (Phi) is 2.95. The number of nitro benzene ring substituents is 1. The number of non-ortho nitro benzene ring substituents is 1. The first-order valence-electron chi connectivity index (χ1n) is 6.28. The number of fused-ring (bicyclic) bond motifs is 1. The van der Waals surface area contributed by atoms with Crippen molar-refractivity contribution in [2.24, 2.45) is 4.99 Å². The van der Waals surface area contributed by atoms with Crippen LogP contribution >= 0.6 is 0 Å². The maximum atomic E-state index is 10.6. The van der Waals surface area contributed by atoms with E-state index in [0.29, 0.717) is 0 Å². The highest BCUT2D eigenvalue weighted by Crippen LogP contribution is 2.28. The molecule has 100 valence electrons. The van der Waals surface area contributed by atoms with Crippen LogP contribution in [0.25, 0.3) is 0 Å². The molecule has 2 aromatic carbocycles. The van der Waals surface area contributed by atoms with Crippen LogP contribution in [0.2, 0.25) is 0 Å². The summed E-state index contributed by atoms with van der Waals surface area (Å²) in [5.74, 6) is 0. The molecule has 1 heterocycles. The lowest BCUT2D eigenvalue weighted by Crippen LogP contribution is -2.16. The summed E-state index contributed by atoms with van der Waals surface area (Å²) in [6.07, 6.45) is 0. The molecule has 0 fully saturated rings. The van der Waals surface area contributed by atoms with Crippen molar-refractivity contribution in [3.05, 3.63) is 64.2 Å². The number of anilines is 1. The summed E-state index contributed by atoms with van der Waals surface area (Å²) in [5, 5.41) is 10.6. The third kappa shape index (κ3) is 2.14. The summed E-state index contributed by atoms with van der Waals surface area (Å²) in [7, 11) is 2.02. The van der Waals surface area contributed by atoms with Crippen molar-refractivity contribution in [2.75, 3.05) is 18.5 Å². The van der Waals surface area contributed by atoms with E-state index in [1.807, 2.05) is 25.2 Å². The van der Waals surface area contributed by atoms with E-state index in [9.17, 15) is 10.1 Å². The van der Waals surface area contributed by atoms with Gasteiger partial charge in [0.25, 0.3) is 5.69 Å². The summed E-state index contributed by atoms with van der Waals surface area (Å²) in [6, 6.07) is 14.4. The molecule has 0 saturated carbocycles. The number of hydrogen-bond acceptors (Lipinski definition) is 4. The van der Waals surface area contributed by atoms with E-state index >= 15 is 0 Å². The Labute approximate surface area is 116 Å². The van der Waals surface area contributed by atoms with Gasteiger partial charge < -0.3 is 4.90 Å². The van der Waals surface area contributed by atoms with Gasteiger partial charge in [0.05, 0.1) is 22.9 Å². The van der Waals surface area contributed by atoms with E-state index in [2.05, 4.69) is 16.0 Å². The Morgan fingerprint density at radius 3 is 2.55 bits per heavy atom. The van der Waals surface area contributed by atoms with Gasteiger partial charge in [0.2, 0.25) is 0 Å². The second-order valence-electron chi connectivity index (χ2n) is 4.71. The lowest BCUT2D eigenvalue weighted by molar-refractivity contribution is -0.384. The molecule has 0 amide bonds. The maximum Gasteiger partial charge on any atom is 0.269 e. The Morgan fingerprint density at radius 2 is 1.85 bits per heavy atom. The largest absolute Gasteiger partial charge is 0.368 e. The van der Waals surface area contributed by atoms with Gasteiger partial charge in [0, 0.05) is 30.4 Å². The number of para-hydroxylation sites is 1. The van der Waals surface area contributed by atoms with E-state index in [0.717, 1.165) is 29.2 Å². The average molecular weight is 267 g/mol. The molecule has 0 aromatic heterocycles. The quantitative estimate of drug-likeness (QED) is 0.620. The second-order valence-corrected chi connectivity index (χ2v) is 4.71. The lowest BCUT2D eigenvalue weighted by atomic mass is 10.1. The molecule has 0 N–H and O–H groups in total. The van der Waals surface area contributed by atoms with Gasteiger partial charge in [-0.15, -0.1) is 0 Å². The zero-order chi connectivity index (χ0) is 14.1. The van der Waals surface area contributed by atoms with Crippen LogP contribution in [0.5, 0.6) is 0 Å². The minimum absolute atomic E-state index is 0.0814. The molecule has 0 radical (unpaired) electrons. The maximum absolute atomic E-state index is 10.6. The molecule has 3 rings (SSSR count). The standard InChI is InChI=1S/C15H13N3O2/c1-17-10-14(13-4-2-3-5-15(13)17)16-11-6-8-12(9-7-11)18(19)20/h2-9H,10H2,1H3. The number of rotatable bonds is 2. The molecule has 0 bridgehead atoms. The minimum Gasteiger partial charge on any atom is -0.368 e. The van der Waals surface area contributed by atoms with E-state index in [1.165, 1.54) is 12.1 Å². The van der Waals surface area contributed by atoms with Crippen molar-refractivity contribution in [3.63, 3.8) is 0 Å². The van der Waals surface area contributed by atoms with Gasteiger partial charge in [-0.05, 0) is 18.2 Å². The third-order valence-corrected chi connectivity index (χ3v) is 3.34. The molecule has 0 unspecified atom stereocenters. The van der Waals surface area contributed by atoms with Crippen molar-refractivity contribution in [1.82, 2.24) is 0 Å². The van der Waals surface area contributed by atoms with Gasteiger partial charge in [-0.3, -0.25) is 15.1 Å². The minimum atomic E-state index is -0.407. The summed E-state index contributed by atoms with van der Waals surface area (Å²) in [5.41, 5.74) is 4.08. The Morgan fingerprint density at radius 1 is 1.15 bits per heavy atom. The smallest absolute Gasteiger partial charge is 0.269 e. The van der Waals surface area contributed by atoms with Gasteiger partial charge in [-0.25, -0.2) is 0 Å². The number of benzene rings is 2. The summed E-state index contributed by atoms with van der Waals surface area (Å²) < 4.78 is 0. The molecule has 1 aliphatic rings. The van der Waals surface area contributed by atoms with E-state index in [1.54, 1.807) is 12.1 Å². The topological polar surface area (TPSA) is 58.7 Å². The van der Waals surface area contributed by atoms with Crippen LogP contribution in [-0.4, -0.2) is 24.2 Å². The van der Waals surface area contributed by atoms with Crippen molar-refractivity contribution < 1.29 is 4.92 Å². The zero-order valence-corrected chi connectivity index (χ0v) is 11.0. The molecular weight excluding hydrogens is 254 g/mol. The molecule has 0 atom stereocenters. The molecule has 0 saturated heterocycles. The van der Waals surface area contributed by atoms with Crippen LogP contribution in [0.1, 0.15) is 5.56 Å². The summed E-state index contributed by atoms with van der Waals surface area (Å²) in [6.45, 7) is 0.746. The van der Waals surface area contributed by atoms with Crippen LogP contribution in [0.3, 0.4) is 0 Å². The van der Waals surface area contributed by atoms with E-state index in [4.69, 9.17) is 0 Å². The van der Waals surface area contributed by atoms with Crippen molar-refractivity contribution in [3.8, 4) is 0 Å². The van der Waals surface area contributed by atoms with Crippen LogP contribution in [0, 0.1) is 10.1 Å². The van der Waals surface area contributed by atoms with Crippen LogP contribution in [0.15, 0.2) is 53.5 Å². The first-order chi connectivity index (χ1) is 9.65. The highest BCUT2D eigenvalue weighted by Gasteiger charge is 2.21. The van der Waals surface area contributed by atoms with Crippen molar-refractivity contribution in [2.45, 2.75) is 0 Å². The van der Waals surface area contributed by atoms with Crippen LogP contribution < -0.4 is 4.90 Å². The molecule has 20 heavy (non-hydrogen) atoms. The predicted octanol–water partition coefficient (Wildman–Crippen LogP) is 3.17. The van der Waals surface area contributed by atoms with Gasteiger partial charge in [0.1, 0.15) is 0 Å². The van der Waals surface area contributed by atoms with E-state index in [-0.39, 0.29) is 5.69 Å². The number of nitrogens with zero attached hydrogens (tertiary/aromatic N) is 3. The van der Waals surface area contributed by atoms with Crippen molar-refractivity contribution in [1.29, 1.82) is 0 Å². The molecule has 2 aromatic rings. The lowest BCUT2D eigenvalue weighted by Gasteiger charge is -2.09. The zero-order valence-electron chi connectivity index (χ0n) is 11.0. The molecular formula is C15H13N3O2. The fourth-order valence-electron chi connectivity index (χ4n) is 2.35. The van der Waals surface area contributed by atoms with Crippen LogP contribution in [-0.2, 0) is 0 Å². The number of likely N-dealkylation sites (N-methyl/N-ethyl adjacent to an activating group) is 1. The SMILES string of the molecule is CN1CC(=Nc2ccc([N+](=O)[O-])cc2)c2ccccc21. The van der Waals surface area contributed by atoms with Gasteiger partial charge in [-0.1, -0.05) is 18.2 Å². The van der Waals surface area contributed by atoms with E-state index < -0.39 is 4.92 Å². The molecule has 5 nitrogen and oxygen atoms in total. The van der Waals surface area contributed by atoms with Crippen LogP contribution in [0.4, 0.5) is 17.1 Å². The predicted molar refractivity (Wildman–Crippen MR) is 79.0 cm³/mol. The number of aliphatic imine (C=N–C) groups is 1. The highest BCUT2D eigenvalue weighted by atomic mass is 16.6. The normalized spacial score (nSPS) is 15.4. The number of nitro groups is 1.